The second kappa shape index (κ2) is 9.15. The van der Waals surface area contributed by atoms with E-state index in [1.54, 1.807) is 48.7 Å². The van der Waals surface area contributed by atoms with E-state index in [9.17, 15) is 15.4 Å². The summed E-state index contributed by atoms with van der Waals surface area (Å²) in [5.74, 6) is 1.04. The SMILES string of the molecule is COc1ccc(/C=C(\C#N)c2ccccn2)cc1OCc1ccc([N+](=O)[O-])cc1. The van der Waals surface area contributed by atoms with Crippen LogP contribution < -0.4 is 9.47 Å². The lowest BCUT2D eigenvalue weighted by molar-refractivity contribution is -0.384. The van der Waals surface area contributed by atoms with Crippen LogP contribution in [0.3, 0.4) is 0 Å². The van der Waals surface area contributed by atoms with E-state index in [0.717, 1.165) is 11.1 Å². The molecule has 2 aromatic carbocycles. The smallest absolute Gasteiger partial charge is 0.269 e. The van der Waals surface area contributed by atoms with Crippen molar-refractivity contribution >= 4 is 17.3 Å². The normalized spacial score (nSPS) is 10.8. The van der Waals surface area contributed by atoms with Crippen LogP contribution in [0.2, 0.25) is 0 Å². The lowest BCUT2D eigenvalue weighted by atomic mass is 10.1. The molecule has 0 saturated heterocycles. The first kappa shape index (κ1) is 19.6. The number of non-ortho nitro benzene ring substituents is 1. The molecule has 0 spiro atoms. The summed E-state index contributed by atoms with van der Waals surface area (Å²) in [6, 6.07) is 19.0. The predicted octanol–water partition coefficient (Wildman–Crippen LogP) is 4.64. The molecule has 0 fully saturated rings. The lowest BCUT2D eigenvalue weighted by Gasteiger charge is -2.12. The maximum absolute atomic E-state index is 10.8. The standard InChI is InChI=1S/C22H17N3O4/c1-28-21-10-7-17(12-18(14-23)20-4-2-3-11-24-20)13-22(21)29-15-16-5-8-19(9-6-16)25(26)27/h2-13H,15H2,1H3/b18-12+. The maximum atomic E-state index is 10.8. The second-order valence-corrected chi connectivity index (χ2v) is 6.01. The van der Waals surface area contributed by atoms with Gasteiger partial charge in [-0.05, 0) is 53.6 Å². The highest BCUT2D eigenvalue weighted by Gasteiger charge is 2.09. The minimum absolute atomic E-state index is 0.0250. The van der Waals surface area contributed by atoms with Gasteiger partial charge in [0.1, 0.15) is 12.7 Å². The Balaban J connectivity index is 1.82. The van der Waals surface area contributed by atoms with Gasteiger partial charge in [0.2, 0.25) is 0 Å². The molecule has 0 aliphatic heterocycles. The van der Waals surface area contributed by atoms with Gasteiger partial charge in [-0.25, -0.2) is 0 Å². The van der Waals surface area contributed by atoms with Gasteiger partial charge < -0.3 is 9.47 Å². The number of methoxy groups -OCH3 is 1. The summed E-state index contributed by atoms with van der Waals surface area (Å²) < 4.78 is 11.2. The highest BCUT2D eigenvalue weighted by molar-refractivity contribution is 5.88. The van der Waals surface area contributed by atoms with E-state index >= 15 is 0 Å². The van der Waals surface area contributed by atoms with E-state index in [1.807, 2.05) is 12.1 Å². The number of nitrogens with zero attached hydrogens (tertiary/aromatic N) is 3. The third kappa shape index (κ3) is 4.96. The highest BCUT2D eigenvalue weighted by Crippen LogP contribution is 2.30. The average molecular weight is 387 g/mol. The van der Waals surface area contributed by atoms with Crippen LogP contribution in [-0.2, 0) is 6.61 Å². The Morgan fingerprint density at radius 2 is 1.97 bits per heavy atom. The molecule has 0 radical (unpaired) electrons. The third-order valence-electron chi connectivity index (χ3n) is 4.10. The Morgan fingerprint density at radius 1 is 1.17 bits per heavy atom. The second-order valence-electron chi connectivity index (χ2n) is 6.01. The molecule has 3 aromatic rings. The van der Waals surface area contributed by atoms with Crippen molar-refractivity contribution in [3.8, 4) is 17.6 Å². The van der Waals surface area contributed by atoms with E-state index in [0.29, 0.717) is 22.8 Å². The molecule has 0 N–H and O–H groups in total. The molecule has 1 heterocycles. The fraction of sp³-hybridized carbons (Fsp3) is 0.0909. The Labute approximate surface area is 167 Å². The van der Waals surface area contributed by atoms with E-state index in [2.05, 4.69) is 11.1 Å². The average Bonchev–Trinajstić information content (AvgIpc) is 2.77. The van der Waals surface area contributed by atoms with Crippen molar-refractivity contribution in [1.29, 1.82) is 5.26 Å². The number of nitro groups is 1. The fourth-order valence-electron chi connectivity index (χ4n) is 2.62. The first-order chi connectivity index (χ1) is 14.1. The highest BCUT2D eigenvalue weighted by atomic mass is 16.6. The monoisotopic (exact) mass is 387 g/mol. The topological polar surface area (TPSA) is 98.3 Å². The molecule has 29 heavy (non-hydrogen) atoms. The van der Waals surface area contributed by atoms with Crippen LogP contribution in [0.1, 0.15) is 16.8 Å². The zero-order valence-corrected chi connectivity index (χ0v) is 15.6. The Hall–Kier alpha value is -4.18. The number of pyridine rings is 1. The van der Waals surface area contributed by atoms with Crippen molar-refractivity contribution in [3.05, 3.63) is 93.8 Å². The Kier molecular flexibility index (Phi) is 6.18. The fourth-order valence-corrected chi connectivity index (χ4v) is 2.62. The lowest BCUT2D eigenvalue weighted by Crippen LogP contribution is -1.98. The van der Waals surface area contributed by atoms with Crippen molar-refractivity contribution in [2.45, 2.75) is 6.61 Å². The van der Waals surface area contributed by atoms with Gasteiger partial charge in [0.15, 0.2) is 11.5 Å². The molecule has 0 aliphatic carbocycles. The summed E-state index contributed by atoms with van der Waals surface area (Å²) in [6.45, 7) is 0.215. The van der Waals surface area contributed by atoms with Crippen LogP contribution in [-0.4, -0.2) is 17.0 Å². The zero-order valence-electron chi connectivity index (χ0n) is 15.6. The van der Waals surface area contributed by atoms with E-state index in [4.69, 9.17) is 9.47 Å². The molecule has 0 aliphatic rings. The van der Waals surface area contributed by atoms with Crippen LogP contribution in [0.5, 0.6) is 11.5 Å². The molecule has 0 saturated carbocycles. The summed E-state index contributed by atoms with van der Waals surface area (Å²) in [7, 11) is 1.54. The van der Waals surface area contributed by atoms with Crippen molar-refractivity contribution in [1.82, 2.24) is 4.98 Å². The molecule has 0 atom stereocenters. The molecule has 144 valence electrons. The number of allylic oxidation sites excluding steroid dienone is 1. The first-order valence-corrected chi connectivity index (χ1v) is 8.68. The van der Waals surface area contributed by atoms with Crippen molar-refractivity contribution in [2.24, 2.45) is 0 Å². The van der Waals surface area contributed by atoms with Crippen LogP contribution in [0.25, 0.3) is 11.6 Å². The first-order valence-electron chi connectivity index (χ1n) is 8.68. The van der Waals surface area contributed by atoms with Crippen LogP contribution in [0.15, 0.2) is 66.9 Å². The van der Waals surface area contributed by atoms with Crippen LogP contribution in [0, 0.1) is 21.4 Å². The van der Waals surface area contributed by atoms with Gasteiger partial charge in [0, 0.05) is 18.3 Å². The van der Waals surface area contributed by atoms with Gasteiger partial charge in [-0.3, -0.25) is 15.1 Å². The summed E-state index contributed by atoms with van der Waals surface area (Å²) in [5, 5.41) is 20.2. The van der Waals surface area contributed by atoms with Gasteiger partial charge in [-0.1, -0.05) is 12.1 Å². The number of ether oxygens (including phenoxy) is 2. The maximum Gasteiger partial charge on any atom is 0.269 e. The molecule has 0 bridgehead atoms. The van der Waals surface area contributed by atoms with Crippen LogP contribution in [0.4, 0.5) is 5.69 Å². The van der Waals surface area contributed by atoms with E-state index < -0.39 is 4.92 Å². The number of aromatic nitrogens is 1. The number of hydrogen-bond donors (Lipinski definition) is 0. The summed E-state index contributed by atoms with van der Waals surface area (Å²) in [4.78, 5) is 14.5. The zero-order chi connectivity index (χ0) is 20.6. The molecule has 0 unspecified atom stereocenters. The minimum Gasteiger partial charge on any atom is -0.493 e. The Morgan fingerprint density at radius 3 is 2.59 bits per heavy atom. The van der Waals surface area contributed by atoms with Gasteiger partial charge in [0.05, 0.1) is 23.3 Å². The third-order valence-corrected chi connectivity index (χ3v) is 4.10. The largest absolute Gasteiger partial charge is 0.493 e. The van der Waals surface area contributed by atoms with E-state index in [1.165, 1.54) is 19.2 Å². The molecule has 7 nitrogen and oxygen atoms in total. The summed E-state index contributed by atoms with van der Waals surface area (Å²) in [5.41, 5.74) is 2.57. The summed E-state index contributed by atoms with van der Waals surface area (Å²) in [6.07, 6.45) is 3.35. The van der Waals surface area contributed by atoms with Gasteiger partial charge >= 0.3 is 0 Å². The molecule has 7 heteroatoms. The number of rotatable bonds is 7. The van der Waals surface area contributed by atoms with Crippen LogP contribution >= 0.6 is 0 Å². The number of nitro benzene ring substituents is 1. The Bertz CT molecular complexity index is 1070. The number of hydrogen-bond acceptors (Lipinski definition) is 6. The van der Waals surface area contributed by atoms with Gasteiger partial charge in [0.25, 0.3) is 5.69 Å². The van der Waals surface area contributed by atoms with Gasteiger partial charge in [-0.15, -0.1) is 0 Å². The van der Waals surface area contributed by atoms with Gasteiger partial charge in [-0.2, -0.15) is 5.26 Å². The molecular formula is C22H17N3O4. The van der Waals surface area contributed by atoms with Crippen molar-refractivity contribution in [3.63, 3.8) is 0 Å². The van der Waals surface area contributed by atoms with E-state index in [-0.39, 0.29) is 12.3 Å². The number of nitriles is 1. The number of benzene rings is 2. The molecule has 3 rings (SSSR count). The minimum atomic E-state index is -0.447. The molecule has 0 amide bonds. The predicted molar refractivity (Wildman–Crippen MR) is 108 cm³/mol. The molecular weight excluding hydrogens is 370 g/mol. The quantitative estimate of drug-likeness (QED) is 0.333. The molecule has 1 aromatic heterocycles. The van der Waals surface area contributed by atoms with Crippen molar-refractivity contribution < 1.29 is 14.4 Å². The summed E-state index contributed by atoms with van der Waals surface area (Å²) >= 11 is 0. The van der Waals surface area contributed by atoms with Crippen molar-refractivity contribution in [2.75, 3.05) is 7.11 Å².